The molecule has 148 valence electrons. The molecular weight excluding hydrogens is 380 g/mol. The van der Waals surface area contributed by atoms with Crippen LogP contribution in [0.25, 0.3) is 0 Å². The predicted octanol–water partition coefficient (Wildman–Crippen LogP) is 2.31. The van der Waals surface area contributed by atoms with Crippen LogP contribution >= 0.6 is 0 Å². The van der Waals surface area contributed by atoms with Crippen molar-refractivity contribution in [3.63, 3.8) is 0 Å². The molecule has 2 aromatic rings. The fourth-order valence-electron chi connectivity index (χ4n) is 2.89. The van der Waals surface area contributed by atoms with E-state index in [-0.39, 0.29) is 29.4 Å². The third-order valence-corrected chi connectivity index (χ3v) is 6.30. The summed E-state index contributed by atoms with van der Waals surface area (Å²) >= 11 is 0. The Morgan fingerprint density at radius 1 is 0.964 bits per heavy atom. The van der Waals surface area contributed by atoms with E-state index in [9.17, 15) is 18.0 Å². The van der Waals surface area contributed by atoms with Crippen LogP contribution in [-0.4, -0.2) is 50.7 Å². The third-order valence-electron chi connectivity index (χ3n) is 4.40. The molecule has 1 saturated heterocycles. The second-order valence-electron chi connectivity index (χ2n) is 6.38. The molecule has 0 atom stereocenters. The molecule has 0 aliphatic carbocycles. The number of ketones is 1. The number of carbonyl (C=O) groups is 2. The predicted molar refractivity (Wildman–Crippen MR) is 105 cm³/mol. The molecular formula is C20H22N2O5S. The quantitative estimate of drug-likeness (QED) is 0.718. The Morgan fingerprint density at radius 2 is 1.68 bits per heavy atom. The first-order valence-electron chi connectivity index (χ1n) is 9.03. The fourth-order valence-corrected chi connectivity index (χ4v) is 4.34. The van der Waals surface area contributed by atoms with Crippen LogP contribution in [0.4, 0.5) is 5.69 Å². The fraction of sp³-hybridized carbons (Fsp3) is 0.300. The monoisotopic (exact) mass is 402 g/mol. The number of ether oxygens (including phenoxy) is 1. The lowest BCUT2D eigenvalue weighted by atomic mass is 10.1. The van der Waals surface area contributed by atoms with Gasteiger partial charge in [0.05, 0.1) is 18.1 Å². The molecule has 0 spiro atoms. The zero-order valence-corrected chi connectivity index (χ0v) is 16.2. The Labute approximate surface area is 164 Å². The summed E-state index contributed by atoms with van der Waals surface area (Å²) < 4.78 is 32.0. The number of Topliss-reactive ketones (excluding diaryl/α,β-unsaturated/α-hetero) is 1. The van der Waals surface area contributed by atoms with E-state index in [4.69, 9.17) is 4.74 Å². The Hall–Kier alpha value is -2.55. The van der Waals surface area contributed by atoms with E-state index < -0.39 is 10.0 Å². The molecule has 3 rings (SSSR count). The Balaban J connectivity index is 1.61. The molecule has 0 aromatic heterocycles. The topological polar surface area (TPSA) is 92.8 Å². The number of rotatable bonds is 7. The number of amides is 1. The van der Waals surface area contributed by atoms with Gasteiger partial charge in [-0.25, -0.2) is 8.42 Å². The summed E-state index contributed by atoms with van der Waals surface area (Å²) in [4.78, 5) is 24.4. The van der Waals surface area contributed by atoms with Crippen LogP contribution < -0.4 is 5.32 Å². The van der Waals surface area contributed by atoms with Crippen LogP contribution in [0.5, 0.6) is 0 Å². The van der Waals surface area contributed by atoms with E-state index in [2.05, 4.69) is 5.32 Å². The van der Waals surface area contributed by atoms with Gasteiger partial charge in [-0.05, 0) is 18.2 Å². The molecule has 1 N–H and O–H groups in total. The maximum absolute atomic E-state index is 12.7. The molecule has 1 aliphatic rings. The Bertz CT molecular complexity index is 938. The van der Waals surface area contributed by atoms with Crippen LogP contribution in [0.1, 0.15) is 23.2 Å². The molecule has 0 radical (unpaired) electrons. The summed E-state index contributed by atoms with van der Waals surface area (Å²) in [5, 5.41) is 2.67. The van der Waals surface area contributed by atoms with E-state index in [1.165, 1.54) is 16.4 Å². The van der Waals surface area contributed by atoms with Gasteiger partial charge in [0.1, 0.15) is 0 Å². The van der Waals surface area contributed by atoms with Gasteiger partial charge in [0.25, 0.3) is 0 Å². The minimum Gasteiger partial charge on any atom is -0.379 e. The second kappa shape index (κ2) is 9.09. The SMILES string of the molecule is O=C(CCC(=O)c1ccccc1)Nc1cccc(S(=O)(=O)N2CCOCC2)c1. The van der Waals surface area contributed by atoms with Crippen molar-refractivity contribution < 1.29 is 22.7 Å². The number of anilines is 1. The zero-order valence-electron chi connectivity index (χ0n) is 15.3. The van der Waals surface area contributed by atoms with Crippen LogP contribution in [0.15, 0.2) is 59.5 Å². The van der Waals surface area contributed by atoms with Gasteiger partial charge in [0, 0.05) is 37.2 Å². The number of hydrogen-bond acceptors (Lipinski definition) is 5. The van der Waals surface area contributed by atoms with Crippen LogP contribution in [0, 0.1) is 0 Å². The van der Waals surface area contributed by atoms with Gasteiger partial charge < -0.3 is 10.1 Å². The number of hydrogen-bond donors (Lipinski definition) is 1. The van der Waals surface area contributed by atoms with Crippen molar-refractivity contribution in [1.82, 2.24) is 4.31 Å². The van der Waals surface area contributed by atoms with Crippen molar-refractivity contribution >= 4 is 27.4 Å². The van der Waals surface area contributed by atoms with Gasteiger partial charge in [-0.3, -0.25) is 9.59 Å². The summed E-state index contributed by atoms with van der Waals surface area (Å²) in [6.45, 7) is 1.34. The van der Waals surface area contributed by atoms with Crippen molar-refractivity contribution in [1.29, 1.82) is 0 Å². The van der Waals surface area contributed by atoms with Crippen molar-refractivity contribution in [3.8, 4) is 0 Å². The highest BCUT2D eigenvalue weighted by Crippen LogP contribution is 2.21. The smallest absolute Gasteiger partial charge is 0.243 e. The highest BCUT2D eigenvalue weighted by atomic mass is 32.2. The number of nitrogens with zero attached hydrogens (tertiary/aromatic N) is 1. The molecule has 1 heterocycles. The van der Waals surface area contributed by atoms with Gasteiger partial charge in [-0.15, -0.1) is 0 Å². The molecule has 0 bridgehead atoms. The van der Waals surface area contributed by atoms with Crippen molar-refractivity contribution in [2.45, 2.75) is 17.7 Å². The van der Waals surface area contributed by atoms with E-state index in [0.717, 1.165) is 0 Å². The number of nitrogens with one attached hydrogen (secondary N) is 1. The summed E-state index contributed by atoms with van der Waals surface area (Å²) in [6.07, 6.45) is 0.107. The van der Waals surface area contributed by atoms with Gasteiger partial charge in [-0.2, -0.15) is 4.31 Å². The Morgan fingerprint density at radius 3 is 2.39 bits per heavy atom. The van der Waals surface area contributed by atoms with Crippen molar-refractivity contribution in [2.75, 3.05) is 31.6 Å². The number of morpholine rings is 1. The lowest BCUT2D eigenvalue weighted by Crippen LogP contribution is -2.40. The highest BCUT2D eigenvalue weighted by Gasteiger charge is 2.26. The van der Waals surface area contributed by atoms with Gasteiger partial charge >= 0.3 is 0 Å². The van der Waals surface area contributed by atoms with Gasteiger partial charge in [0.2, 0.25) is 15.9 Å². The molecule has 28 heavy (non-hydrogen) atoms. The average Bonchev–Trinajstić information content (AvgIpc) is 2.73. The van der Waals surface area contributed by atoms with E-state index >= 15 is 0 Å². The largest absolute Gasteiger partial charge is 0.379 e. The molecule has 0 saturated carbocycles. The lowest BCUT2D eigenvalue weighted by Gasteiger charge is -2.26. The van der Waals surface area contributed by atoms with E-state index in [1.54, 1.807) is 36.4 Å². The normalized spacial score (nSPS) is 15.1. The molecule has 1 fully saturated rings. The van der Waals surface area contributed by atoms with Crippen LogP contribution in [0.3, 0.4) is 0 Å². The van der Waals surface area contributed by atoms with Crippen molar-refractivity contribution in [2.24, 2.45) is 0 Å². The molecule has 1 amide bonds. The summed E-state index contributed by atoms with van der Waals surface area (Å²) in [5.74, 6) is -0.454. The highest BCUT2D eigenvalue weighted by molar-refractivity contribution is 7.89. The molecule has 8 heteroatoms. The van der Waals surface area contributed by atoms with Gasteiger partial charge in [-0.1, -0.05) is 36.4 Å². The molecule has 0 unspecified atom stereocenters. The standard InChI is InChI=1S/C20H22N2O5S/c23-19(16-5-2-1-3-6-16)9-10-20(24)21-17-7-4-8-18(15-17)28(25,26)22-11-13-27-14-12-22/h1-8,15H,9-14H2,(H,21,24). The molecule has 2 aromatic carbocycles. The first-order chi connectivity index (χ1) is 13.5. The number of benzene rings is 2. The first kappa shape index (κ1) is 20.2. The van der Waals surface area contributed by atoms with Crippen LogP contribution in [-0.2, 0) is 19.6 Å². The first-order valence-corrected chi connectivity index (χ1v) is 10.5. The zero-order chi connectivity index (χ0) is 20.0. The molecule has 1 aliphatic heterocycles. The third kappa shape index (κ3) is 5.03. The maximum Gasteiger partial charge on any atom is 0.243 e. The summed E-state index contributed by atoms with van der Waals surface area (Å²) in [7, 11) is -3.63. The number of carbonyl (C=O) groups excluding carboxylic acids is 2. The number of sulfonamides is 1. The lowest BCUT2D eigenvalue weighted by molar-refractivity contribution is -0.116. The summed E-state index contributed by atoms with van der Waals surface area (Å²) in [6, 6.07) is 14.9. The van der Waals surface area contributed by atoms with Gasteiger partial charge in [0.15, 0.2) is 5.78 Å². The minimum absolute atomic E-state index is 0.0220. The van der Waals surface area contributed by atoms with Crippen LogP contribution in [0.2, 0.25) is 0 Å². The van der Waals surface area contributed by atoms with E-state index in [0.29, 0.717) is 37.6 Å². The minimum atomic E-state index is -3.63. The average molecular weight is 402 g/mol. The maximum atomic E-state index is 12.7. The summed E-state index contributed by atoms with van der Waals surface area (Å²) in [5.41, 5.74) is 0.945. The molecule has 7 nitrogen and oxygen atoms in total. The Kier molecular flexibility index (Phi) is 6.56. The van der Waals surface area contributed by atoms with Crippen molar-refractivity contribution in [3.05, 3.63) is 60.2 Å². The second-order valence-corrected chi connectivity index (χ2v) is 8.32. The van der Waals surface area contributed by atoms with E-state index in [1.807, 2.05) is 6.07 Å².